The summed E-state index contributed by atoms with van der Waals surface area (Å²) in [4.78, 5) is 34.9. The normalized spacial score (nSPS) is 16.6. The first kappa shape index (κ1) is 20.4. The Bertz CT molecular complexity index is 1110. The van der Waals surface area contributed by atoms with Gasteiger partial charge >= 0.3 is 0 Å². The second-order valence-corrected chi connectivity index (χ2v) is 8.40. The zero-order valence-electron chi connectivity index (χ0n) is 17.2. The van der Waals surface area contributed by atoms with Crippen LogP contribution in [0.15, 0.2) is 34.4 Å². The van der Waals surface area contributed by atoms with Gasteiger partial charge in [-0.2, -0.15) is 0 Å². The van der Waals surface area contributed by atoms with E-state index >= 15 is 0 Å². The smallest absolute Gasteiger partial charge is 0.270 e. The summed E-state index contributed by atoms with van der Waals surface area (Å²) >= 11 is 1.39. The summed E-state index contributed by atoms with van der Waals surface area (Å²) in [5.41, 5.74) is 2.41. The number of amides is 1. The highest BCUT2D eigenvalue weighted by Gasteiger charge is 2.27. The van der Waals surface area contributed by atoms with E-state index < -0.39 is 0 Å². The van der Waals surface area contributed by atoms with Crippen molar-refractivity contribution in [1.29, 1.82) is 0 Å². The van der Waals surface area contributed by atoms with Crippen molar-refractivity contribution in [1.82, 2.24) is 15.3 Å². The molecular weight excluding hydrogens is 400 g/mol. The Kier molecular flexibility index (Phi) is 6.03. The van der Waals surface area contributed by atoms with Crippen LogP contribution in [0.1, 0.15) is 26.2 Å². The highest BCUT2D eigenvalue weighted by molar-refractivity contribution is 7.17. The number of ether oxygens (including phenoxy) is 1. The molecule has 0 saturated carbocycles. The predicted molar refractivity (Wildman–Crippen MR) is 120 cm³/mol. The minimum absolute atomic E-state index is 0.0811. The summed E-state index contributed by atoms with van der Waals surface area (Å²) in [5.74, 6) is 1.28. The minimum atomic E-state index is -0.147. The Balaban J connectivity index is 1.67. The number of hydrogen-bond acceptors (Lipinski definition) is 6. The van der Waals surface area contributed by atoms with Crippen LogP contribution in [-0.2, 0) is 4.79 Å². The summed E-state index contributed by atoms with van der Waals surface area (Å²) in [6.45, 7) is 4.06. The molecule has 158 valence electrons. The number of aromatic amines is 1. The van der Waals surface area contributed by atoms with Crippen LogP contribution in [0.3, 0.4) is 0 Å². The number of H-pyrrole nitrogens is 1. The van der Waals surface area contributed by atoms with Gasteiger partial charge in [-0.25, -0.2) is 4.98 Å². The number of methoxy groups -OCH3 is 1. The Morgan fingerprint density at radius 2 is 2.30 bits per heavy atom. The van der Waals surface area contributed by atoms with Crippen LogP contribution in [-0.4, -0.2) is 42.6 Å². The first-order chi connectivity index (χ1) is 14.6. The van der Waals surface area contributed by atoms with Crippen molar-refractivity contribution in [2.75, 3.05) is 31.6 Å². The van der Waals surface area contributed by atoms with Crippen molar-refractivity contribution in [3.8, 4) is 16.9 Å². The van der Waals surface area contributed by atoms with E-state index in [1.807, 2.05) is 41.5 Å². The molecule has 8 heteroatoms. The van der Waals surface area contributed by atoms with Gasteiger partial charge in [-0.05, 0) is 37.0 Å². The van der Waals surface area contributed by atoms with Crippen LogP contribution in [0.4, 0.5) is 5.95 Å². The molecule has 0 unspecified atom stereocenters. The first-order valence-electron chi connectivity index (χ1n) is 10.3. The fourth-order valence-electron chi connectivity index (χ4n) is 3.84. The van der Waals surface area contributed by atoms with Gasteiger partial charge in [0, 0.05) is 30.6 Å². The van der Waals surface area contributed by atoms with E-state index in [9.17, 15) is 9.59 Å². The summed E-state index contributed by atoms with van der Waals surface area (Å²) in [6, 6.07) is 7.75. The maximum atomic E-state index is 12.8. The van der Waals surface area contributed by atoms with Crippen molar-refractivity contribution in [3.05, 3.63) is 40.0 Å². The zero-order valence-corrected chi connectivity index (χ0v) is 18.1. The fraction of sp³-hybridized carbons (Fsp3) is 0.409. The molecule has 0 aliphatic carbocycles. The van der Waals surface area contributed by atoms with E-state index in [0.29, 0.717) is 29.3 Å². The third kappa shape index (κ3) is 4.05. The second kappa shape index (κ2) is 8.87. The molecule has 1 aliphatic heterocycles. The molecule has 30 heavy (non-hydrogen) atoms. The number of aromatic nitrogens is 2. The molecule has 7 nitrogen and oxygen atoms in total. The summed E-state index contributed by atoms with van der Waals surface area (Å²) in [7, 11) is 1.63. The maximum Gasteiger partial charge on any atom is 0.270 e. The second-order valence-electron chi connectivity index (χ2n) is 7.52. The third-order valence-corrected chi connectivity index (χ3v) is 6.40. The Hall–Kier alpha value is -2.87. The number of carbonyl (C=O) groups is 1. The SMILES string of the molecule is CCCNC(=O)[C@@H]1CCCN(c2nc3c(-c4cccc(OC)c4)csc3c(=O)[nH]2)C1. The van der Waals surface area contributed by atoms with Gasteiger partial charge in [0.05, 0.1) is 18.5 Å². The molecular formula is C22H26N4O3S. The lowest BCUT2D eigenvalue weighted by molar-refractivity contribution is -0.125. The third-order valence-electron chi connectivity index (χ3n) is 5.44. The van der Waals surface area contributed by atoms with Crippen LogP contribution < -0.4 is 20.5 Å². The van der Waals surface area contributed by atoms with E-state index in [0.717, 1.165) is 42.7 Å². The van der Waals surface area contributed by atoms with E-state index in [2.05, 4.69) is 10.3 Å². The molecule has 3 aromatic rings. The van der Waals surface area contributed by atoms with Crippen LogP contribution in [0.2, 0.25) is 0 Å². The summed E-state index contributed by atoms with van der Waals surface area (Å²) in [5, 5.41) is 4.95. The van der Waals surface area contributed by atoms with Crippen molar-refractivity contribution in [3.63, 3.8) is 0 Å². The Morgan fingerprint density at radius 1 is 1.43 bits per heavy atom. The van der Waals surface area contributed by atoms with Gasteiger partial charge in [-0.15, -0.1) is 11.3 Å². The van der Waals surface area contributed by atoms with Gasteiger partial charge in [0.2, 0.25) is 11.9 Å². The lowest BCUT2D eigenvalue weighted by atomic mass is 9.97. The number of benzene rings is 1. The van der Waals surface area contributed by atoms with Crippen LogP contribution in [0, 0.1) is 5.92 Å². The van der Waals surface area contributed by atoms with Gasteiger partial charge in [-0.3, -0.25) is 14.6 Å². The highest BCUT2D eigenvalue weighted by atomic mass is 32.1. The topological polar surface area (TPSA) is 87.3 Å². The number of anilines is 1. The zero-order chi connectivity index (χ0) is 21.1. The standard InChI is InChI=1S/C22H26N4O3S/c1-3-9-23-20(27)15-7-5-10-26(12-15)22-24-18-17(13-30-19(18)21(28)25-22)14-6-4-8-16(11-14)29-2/h4,6,8,11,13,15H,3,5,7,9-10,12H2,1-2H3,(H,23,27)(H,24,25,28)/t15-/m1/s1. The van der Waals surface area contributed by atoms with Crippen LogP contribution in [0.5, 0.6) is 5.75 Å². The average Bonchev–Trinajstić information content (AvgIpc) is 3.22. The van der Waals surface area contributed by atoms with E-state index in [-0.39, 0.29) is 17.4 Å². The largest absolute Gasteiger partial charge is 0.497 e. The Morgan fingerprint density at radius 3 is 3.10 bits per heavy atom. The lowest BCUT2D eigenvalue weighted by Gasteiger charge is -2.32. The number of carbonyl (C=O) groups excluding carboxylic acids is 1. The molecule has 0 radical (unpaired) electrons. The molecule has 0 spiro atoms. The molecule has 1 fully saturated rings. The molecule has 1 atom stereocenters. The van der Waals surface area contributed by atoms with E-state index in [4.69, 9.17) is 9.72 Å². The number of nitrogens with zero attached hydrogens (tertiary/aromatic N) is 2. The highest BCUT2D eigenvalue weighted by Crippen LogP contribution is 2.33. The lowest BCUT2D eigenvalue weighted by Crippen LogP contribution is -2.44. The number of fused-ring (bicyclic) bond motifs is 1. The van der Waals surface area contributed by atoms with Gasteiger partial charge in [-0.1, -0.05) is 19.1 Å². The van der Waals surface area contributed by atoms with Gasteiger partial charge < -0.3 is 15.0 Å². The molecule has 1 aliphatic rings. The van der Waals surface area contributed by atoms with Crippen LogP contribution in [0.25, 0.3) is 21.3 Å². The van der Waals surface area contributed by atoms with Gasteiger partial charge in [0.1, 0.15) is 10.4 Å². The average molecular weight is 427 g/mol. The van der Waals surface area contributed by atoms with Crippen molar-refractivity contribution in [2.45, 2.75) is 26.2 Å². The maximum absolute atomic E-state index is 12.8. The number of nitrogens with one attached hydrogen (secondary N) is 2. The summed E-state index contributed by atoms with van der Waals surface area (Å²) in [6.07, 6.45) is 2.66. The molecule has 2 N–H and O–H groups in total. The number of rotatable bonds is 6. The van der Waals surface area contributed by atoms with Crippen molar-refractivity contribution < 1.29 is 9.53 Å². The number of thiophene rings is 1. The fourth-order valence-corrected chi connectivity index (χ4v) is 4.75. The molecule has 2 aromatic heterocycles. The van der Waals surface area contributed by atoms with Gasteiger partial charge in [0.25, 0.3) is 5.56 Å². The van der Waals surface area contributed by atoms with E-state index in [1.54, 1.807) is 7.11 Å². The summed E-state index contributed by atoms with van der Waals surface area (Å²) < 4.78 is 5.94. The monoisotopic (exact) mass is 426 g/mol. The molecule has 4 rings (SSSR count). The molecule has 3 heterocycles. The molecule has 1 aromatic carbocycles. The van der Waals surface area contributed by atoms with Crippen molar-refractivity contribution >= 4 is 33.4 Å². The molecule has 0 bridgehead atoms. The number of hydrogen-bond donors (Lipinski definition) is 2. The van der Waals surface area contributed by atoms with E-state index in [1.165, 1.54) is 11.3 Å². The predicted octanol–water partition coefficient (Wildman–Crippen LogP) is 3.40. The van der Waals surface area contributed by atoms with Crippen LogP contribution >= 0.6 is 11.3 Å². The first-order valence-corrected chi connectivity index (χ1v) is 11.2. The van der Waals surface area contributed by atoms with Crippen molar-refractivity contribution in [2.24, 2.45) is 5.92 Å². The Labute approximate surface area is 179 Å². The molecule has 1 amide bonds. The minimum Gasteiger partial charge on any atom is -0.497 e. The number of piperidine rings is 1. The quantitative estimate of drug-likeness (QED) is 0.631. The molecule has 1 saturated heterocycles. The van der Waals surface area contributed by atoms with Gasteiger partial charge in [0.15, 0.2) is 0 Å².